The van der Waals surface area contributed by atoms with Gasteiger partial charge in [-0.3, -0.25) is 10.1 Å². The van der Waals surface area contributed by atoms with Crippen LogP contribution in [0, 0.1) is 10.1 Å². The van der Waals surface area contributed by atoms with Gasteiger partial charge < -0.3 is 9.47 Å². The summed E-state index contributed by atoms with van der Waals surface area (Å²) in [5.41, 5.74) is 11.4. The fourth-order valence-electron chi connectivity index (χ4n) is 7.23. The van der Waals surface area contributed by atoms with Gasteiger partial charge in [0.1, 0.15) is 5.69 Å². The Labute approximate surface area is 281 Å². The quantitative estimate of drug-likeness (QED) is 0.142. The number of nitrogens with zero attached hydrogens (tertiary/aromatic N) is 3. The summed E-state index contributed by atoms with van der Waals surface area (Å²) in [6.45, 7) is 0. The van der Waals surface area contributed by atoms with Crippen LogP contribution in [0.3, 0.4) is 0 Å². The first kappa shape index (κ1) is 28.1. The number of nitro benzene ring substituents is 1. The largest absolute Gasteiger partial charge is 0.309 e. The van der Waals surface area contributed by atoms with Crippen LogP contribution in [-0.4, -0.2) is 9.49 Å². The van der Waals surface area contributed by atoms with Gasteiger partial charge in [0.2, 0.25) is 0 Å². The van der Waals surface area contributed by atoms with Crippen molar-refractivity contribution in [2.45, 2.75) is 0 Å². The number of benzene rings is 7. The van der Waals surface area contributed by atoms with Crippen LogP contribution in [0.2, 0.25) is 5.02 Å². The van der Waals surface area contributed by atoms with Crippen molar-refractivity contribution in [2.24, 2.45) is 0 Å². The van der Waals surface area contributed by atoms with E-state index in [1.807, 2.05) is 47.4 Å². The zero-order chi connectivity index (χ0) is 32.4. The molecule has 5 nitrogen and oxygen atoms in total. The van der Waals surface area contributed by atoms with Gasteiger partial charge in [-0.1, -0.05) is 109 Å². The van der Waals surface area contributed by atoms with Gasteiger partial charge in [-0.15, -0.1) is 0 Å². The van der Waals surface area contributed by atoms with E-state index in [1.54, 1.807) is 18.2 Å². The molecule has 228 valence electrons. The lowest BCUT2D eigenvalue weighted by atomic mass is 9.92. The predicted octanol–water partition coefficient (Wildman–Crippen LogP) is 12.1. The number of halogens is 1. The highest BCUT2D eigenvalue weighted by Crippen LogP contribution is 2.55. The first-order valence-corrected chi connectivity index (χ1v) is 16.1. The molecule has 0 atom stereocenters. The third kappa shape index (κ3) is 4.25. The smallest absolute Gasteiger partial charge is 0.293 e. The molecule has 9 rings (SSSR count). The third-order valence-corrected chi connectivity index (χ3v) is 9.60. The Morgan fingerprint density at radius 2 is 1.17 bits per heavy atom. The summed E-state index contributed by atoms with van der Waals surface area (Å²) in [4.78, 5) is 14.0. The molecule has 0 saturated carbocycles. The fourth-order valence-corrected chi connectivity index (χ4v) is 7.48. The fraction of sp³-hybridized carbons (Fsp3) is 0. The molecular formula is C42H26ClN3O2. The van der Waals surface area contributed by atoms with Crippen LogP contribution in [0.1, 0.15) is 0 Å². The van der Waals surface area contributed by atoms with E-state index >= 15 is 0 Å². The van der Waals surface area contributed by atoms with Crippen molar-refractivity contribution in [1.29, 1.82) is 0 Å². The molecule has 0 N–H and O–H groups in total. The SMILES string of the molecule is O=[N+]([O-])c1ccccc1N1c2ccc(-c3ccc4c(c3)c3ccccc3n4-c3ccccc3)cc2-c2ccccc2-c2cccc(Cl)c21. The molecule has 1 aliphatic heterocycles. The maximum absolute atomic E-state index is 12.4. The Balaban J connectivity index is 1.30. The summed E-state index contributed by atoms with van der Waals surface area (Å²) in [7, 11) is 0. The average Bonchev–Trinajstić information content (AvgIpc) is 3.40. The van der Waals surface area contributed by atoms with E-state index in [1.165, 1.54) is 10.8 Å². The Kier molecular flexibility index (Phi) is 6.42. The normalized spacial score (nSPS) is 12.0. The Morgan fingerprint density at radius 3 is 2.00 bits per heavy atom. The maximum atomic E-state index is 12.4. The molecule has 0 bridgehead atoms. The minimum Gasteiger partial charge on any atom is -0.309 e. The van der Waals surface area contributed by atoms with Crippen LogP contribution in [0.15, 0.2) is 158 Å². The number of nitro groups is 1. The van der Waals surface area contributed by atoms with Crippen molar-refractivity contribution in [3.63, 3.8) is 0 Å². The molecule has 0 saturated heterocycles. The van der Waals surface area contributed by atoms with Crippen molar-refractivity contribution >= 4 is 56.2 Å². The van der Waals surface area contributed by atoms with Gasteiger partial charge in [0, 0.05) is 33.7 Å². The molecule has 48 heavy (non-hydrogen) atoms. The minimum atomic E-state index is -0.334. The second-order valence-corrected chi connectivity index (χ2v) is 12.3. The molecule has 7 aromatic carbocycles. The molecule has 0 amide bonds. The Morgan fingerprint density at radius 1 is 0.521 bits per heavy atom. The van der Waals surface area contributed by atoms with E-state index < -0.39 is 0 Å². The molecule has 0 radical (unpaired) electrons. The Hall–Kier alpha value is -6.17. The van der Waals surface area contributed by atoms with Gasteiger partial charge in [-0.25, -0.2) is 0 Å². The number of rotatable bonds is 4. The summed E-state index contributed by atoms with van der Waals surface area (Å²) < 4.78 is 2.31. The second-order valence-electron chi connectivity index (χ2n) is 11.9. The number of fused-ring (bicyclic) bond motifs is 8. The van der Waals surface area contributed by atoms with Crippen molar-refractivity contribution in [3.05, 3.63) is 173 Å². The summed E-state index contributed by atoms with van der Waals surface area (Å²) in [5.74, 6) is 0. The molecule has 0 spiro atoms. The molecule has 2 heterocycles. The number of hydrogen-bond acceptors (Lipinski definition) is 3. The summed E-state index contributed by atoms with van der Waals surface area (Å²) in [5, 5.41) is 15.2. The molecular weight excluding hydrogens is 614 g/mol. The van der Waals surface area contributed by atoms with E-state index in [0.717, 1.165) is 55.8 Å². The highest BCUT2D eigenvalue weighted by molar-refractivity contribution is 6.35. The van der Waals surface area contributed by atoms with Crippen molar-refractivity contribution in [3.8, 4) is 39.1 Å². The number of para-hydroxylation sites is 5. The zero-order valence-corrected chi connectivity index (χ0v) is 26.3. The highest BCUT2D eigenvalue weighted by atomic mass is 35.5. The molecule has 0 unspecified atom stereocenters. The maximum Gasteiger partial charge on any atom is 0.293 e. The first-order valence-electron chi connectivity index (χ1n) is 15.7. The van der Waals surface area contributed by atoms with E-state index in [2.05, 4.69) is 102 Å². The van der Waals surface area contributed by atoms with Gasteiger partial charge in [0.25, 0.3) is 5.69 Å². The van der Waals surface area contributed by atoms with E-state index in [4.69, 9.17) is 11.6 Å². The van der Waals surface area contributed by atoms with E-state index in [9.17, 15) is 10.1 Å². The highest BCUT2D eigenvalue weighted by Gasteiger charge is 2.31. The minimum absolute atomic E-state index is 0.00427. The van der Waals surface area contributed by atoms with Crippen molar-refractivity contribution in [1.82, 2.24) is 4.57 Å². The predicted molar refractivity (Wildman–Crippen MR) is 197 cm³/mol. The lowest BCUT2D eigenvalue weighted by Crippen LogP contribution is -2.13. The van der Waals surface area contributed by atoms with Gasteiger partial charge in [-0.2, -0.15) is 0 Å². The van der Waals surface area contributed by atoms with Crippen LogP contribution in [0.4, 0.5) is 22.7 Å². The number of hydrogen-bond donors (Lipinski definition) is 0. The summed E-state index contributed by atoms with van der Waals surface area (Å²) in [6.07, 6.45) is 0. The van der Waals surface area contributed by atoms with Crippen LogP contribution in [0.25, 0.3) is 60.9 Å². The van der Waals surface area contributed by atoms with Crippen LogP contribution in [0.5, 0.6) is 0 Å². The van der Waals surface area contributed by atoms with E-state index in [0.29, 0.717) is 16.4 Å². The van der Waals surface area contributed by atoms with Crippen molar-refractivity contribution < 1.29 is 4.92 Å². The van der Waals surface area contributed by atoms with Crippen molar-refractivity contribution in [2.75, 3.05) is 4.90 Å². The zero-order valence-electron chi connectivity index (χ0n) is 25.5. The van der Waals surface area contributed by atoms with Gasteiger partial charge >= 0.3 is 0 Å². The van der Waals surface area contributed by atoms with Crippen LogP contribution in [-0.2, 0) is 0 Å². The molecule has 1 aliphatic rings. The molecule has 8 aromatic rings. The van der Waals surface area contributed by atoms with E-state index in [-0.39, 0.29) is 10.6 Å². The second kappa shape index (κ2) is 11.0. The lowest BCUT2D eigenvalue weighted by Gasteiger charge is -2.28. The standard InChI is InChI=1S/C42H26ClN3O2/c43-36-17-10-16-33-30-13-4-5-14-31(30)34-25-27(22-24-39(34)45(42(33)36)40-19-8-9-20-41(40)46(47)48)28-21-23-38-35(26-28)32-15-6-7-18-37(32)44(38)29-11-2-1-3-12-29/h1-26H. The summed E-state index contributed by atoms with van der Waals surface area (Å²) >= 11 is 6.99. The molecule has 0 fully saturated rings. The number of anilines is 3. The molecule has 1 aromatic heterocycles. The summed E-state index contributed by atoms with van der Waals surface area (Å²) in [6, 6.07) is 52.9. The molecule has 6 heteroatoms. The van der Waals surface area contributed by atoms with Crippen LogP contribution >= 0.6 is 11.6 Å². The van der Waals surface area contributed by atoms with Gasteiger partial charge in [0.15, 0.2) is 0 Å². The van der Waals surface area contributed by atoms with Gasteiger partial charge in [-0.05, 0) is 76.9 Å². The first-order chi connectivity index (χ1) is 23.6. The Bertz CT molecular complexity index is 2570. The monoisotopic (exact) mass is 639 g/mol. The third-order valence-electron chi connectivity index (χ3n) is 9.29. The van der Waals surface area contributed by atoms with Crippen LogP contribution < -0.4 is 4.90 Å². The van der Waals surface area contributed by atoms with Gasteiger partial charge in [0.05, 0.1) is 32.4 Å². The molecule has 0 aliphatic carbocycles. The lowest BCUT2D eigenvalue weighted by molar-refractivity contribution is -0.384. The number of aromatic nitrogens is 1. The topological polar surface area (TPSA) is 51.3 Å². The average molecular weight is 640 g/mol.